The third-order valence-electron chi connectivity index (χ3n) is 3.60. The molecule has 0 aromatic heterocycles. The molecule has 4 heteroatoms. The van der Waals surface area contributed by atoms with E-state index in [4.69, 9.17) is 0 Å². The van der Waals surface area contributed by atoms with Crippen molar-refractivity contribution in [3.8, 4) is 0 Å². The third kappa shape index (κ3) is 6.24. The Labute approximate surface area is 112 Å². The molecule has 4 nitrogen and oxygen atoms in total. The number of nitrogens with zero attached hydrogens (tertiary/aromatic N) is 1. The van der Waals surface area contributed by atoms with E-state index in [1.807, 2.05) is 0 Å². The molecule has 0 bridgehead atoms. The third-order valence-corrected chi connectivity index (χ3v) is 3.60. The second-order valence-corrected chi connectivity index (χ2v) is 4.80. The Balaban J connectivity index is 4.56. The van der Waals surface area contributed by atoms with Crippen LogP contribution in [0, 0.1) is 5.41 Å². The van der Waals surface area contributed by atoms with Crippen LogP contribution >= 0.6 is 0 Å². The van der Waals surface area contributed by atoms with Gasteiger partial charge in [-0.05, 0) is 38.0 Å². The highest BCUT2D eigenvalue weighted by molar-refractivity contribution is 5.79. The average Bonchev–Trinajstić information content (AvgIpc) is 2.40. The Morgan fingerprint density at radius 3 is 2.22 bits per heavy atom. The second-order valence-electron chi connectivity index (χ2n) is 4.80. The van der Waals surface area contributed by atoms with Crippen molar-refractivity contribution in [2.45, 2.75) is 53.4 Å². The number of hydrogen-bond acceptors (Lipinski definition) is 2. The highest BCUT2D eigenvalue weighted by Crippen LogP contribution is 2.30. The Bertz CT molecular complexity index is 225. The van der Waals surface area contributed by atoms with Crippen LogP contribution in [0.3, 0.4) is 0 Å². The van der Waals surface area contributed by atoms with E-state index in [1.54, 1.807) is 0 Å². The van der Waals surface area contributed by atoms with Gasteiger partial charge in [-0.2, -0.15) is 0 Å². The summed E-state index contributed by atoms with van der Waals surface area (Å²) in [5, 5.41) is 15.8. The molecule has 0 unspecified atom stereocenters. The maximum Gasteiger partial charge on any atom is 0.191 e. The van der Waals surface area contributed by atoms with E-state index in [0.29, 0.717) is 0 Å². The van der Waals surface area contributed by atoms with Gasteiger partial charge in [0, 0.05) is 26.2 Å². The number of guanidine groups is 1. The molecule has 108 valence electrons. The predicted molar refractivity (Wildman–Crippen MR) is 79.0 cm³/mol. The lowest BCUT2D eigenvalue weighted by Crippen LogP contribution is -2.39. The van der Waals surface area contributed by atoms with Crippen molar-refractivity contribution < 1.29 is 5.11 Å². The Morgan fingerprint density at radius 2 is 1.78 bits per heavy atom. The van der Waals surface area contributed by atoms with E-state index >= 15 is 0 Å². The van der Waals surface area contributed by atoms with E-state index in [2.05, 4.69) is 43.3 Å². The maximum absolute atomic E-state index is 9.19. The van der Waals surface area contributed by atoms with Crippen LogP contribution in [0.25, 0.3) is 0 Å². The number of aliphatic hydroxyl groups excluding tert-OH is 1. The molecule has 0 aliphatic carbocycles. The van der Waals surface area contributed by atoms with Gasteiger partial charge in [-0.3, -0.25) is 4.99 Å². The molecular weight excluding hydrogens is 226 g/mol. The molecule has 0 aliphatic rings. The summed E-state index contributed by atoms with van der Waals surface area (Å²) >= 11 is 0. The van der Waals surface area contributed by atoms with Crippen molar-refractivity contribution in [3.05, 3.63) is 0 Å². The summed E-state index contributed by atoms with van der Waals surface area (Å²) < 4.78 is 0. The van der Waals surface area contributed by atoms with E-state index < -0.39 is 0 Å². The molecule has 0 saturated heterocycles. The zero-order valence-electron chi connectivity index (χ0n) is 12.6. The van der Waals surface area contributed by atoms with Crippen molar-refractivity contribution in [3.63, 3.8) is 0 Å². The molecule has 0 aromatic rings. The van der Waals surface area contributed by atoms with Crippen LogP contribution in [0.15, 0.2) is 4.99 Å². The van der Waals surface area contributed by atoms with Crippen molar-refractivity contribution >= 4 is 5.96 Å². The van der Waals surface area contributed by atoms with Gasteiger partial charge in [0.1, 0.15) is 0 Å². The lowest BCUT2D eigenvalue weighted by atomic mass is 9.79. The minimum Gasteiger partial charge on any atom is -0.396 e. The van der Waals surface area contributed by atoms with Crippen LogP contribution in [0.1, 0.15) is 53.4 Å². The predicted octanol–water partition coefficient (Wildman–Crippen LogP) is 2.14. The second kappa shape index (κ2) is 10.2. The van der Waals surface area contributed by atoms with Gasteiger partial charge in [-0.1, -0.05) is 20.8 Å². The first-order valence-electron chi connectivity index (χ1n) is 7.31. The summed E-state index contributed by atoms with van der Waals surface area (Å²) in [6.45, 7) is 11.4. The van der Waals surface area contributed by atoms with Crippen LogP contribution in [0.4, 0.5) is 0 Å². The van der Waals surface area contributed by atoms with Gasteiger partial charge in [0.2, 0.25) is 0 Å². The summed E-state index contributed by atoms with van der Waals surface area (Å²) in [6, 6.07) is 0. The van der Waals surface area contributed by atoms with Crippen molar-refractivity contribution in [1.29, 1.82) is 0 Å². The number of nitrogens with one attached hydrogen (secondary N) is 2. The number of aliphatic imine (C=N–C) groups is 1. The first kappa shape index (κ1) is 17.2. The monoisotopic (exact) mass is 257 g/mol. The fourth-order valence-corrected chi connectivity index (χ4v) is 1.98. The molecule has 0 fully saturated rings. The van der Waals surface area contributed by atoms with Gasteiger partial charge < -0.3 is 15.7 Å². The standard InChI is InChI=1S/C14H31N3O/c1-5-10-16-13(15-8-4)17-12-14(6-2,7-3)9-11-18/h18H,5-12H2,1-4H3,(H2,15,16,17). The van der Waals surface area contributed by atoms with E-state index in [0.717, 1.165) is 51.3 Å². The largest absolute Gasteiger partial charge is 0.396 e. The molecule has 0 aromatic carbocycles. The molecular formula is C14H31N3O. The van der Waals surface area contributed by atoms with Crippen LogP contribution in [-0.2, 0) is 0 Å². The fraction of sp³-hybridized carbons (Fsp3) is 0.929. The van der Waals surface area contributed by atoms with Crippen molar-refractivity contribution in [2.75, 3.05) is 26.2 Å². The van der Waals surface area contributed by atoms with Gasteiger partial charge >= 0.3 is 0 Å². The van der Waals surface area contributed by atoms with Gasteiger partial charge in [0.15, 0.2) is 5.96 Å². The fourth-order valence-electron chi connectivity index (χ4n) is 1.98. The SMILES string of the molecule is CCCNC(=NCC(CC)(CC)CCO)NCC. The molecule has 0 radical (unpaired) electrons. The Morgan fingerprint density at radius 1 is 1.11 bits per heavy atom. The Hall–Kier alpha value is -0.770. The molecule has 0 saturated carbocycles. The first-order chi connectivity index (χ1) is 8.67. The molecule has 3 N–H and O–H groups in total. The molecule has 0 spiro atoms. The lowest BCUT2D eigenvalue weighted by molar-refractivity contribution is 0.175. The highest BCUT2D eigenvalue weighted by Gasteiger charge is 2.25. The highest BCUT2D eigenvalue weighted by atomic mass is 16.3. The average molecular weight is 257 g/mol. The Kier molecular flexibility index (Phi) is 9.74. The molecule has 0 heterocycles. The molecule has 0 aliphatic heterocycles. The number of hydrogen-bond donors (Lipinski definition) is 3. The normalized spacial score (nSPS) is 12.6. The van der Waals surface area contributed by atoms with Crippen molar-refractivity contribution in [2.24, 2.45) is 10.4 Å². The molecule has 0 amide bonds. The van der Waals surface area contributed by atoms with Gasteiger partial charge in [-0.15, -0.1) is 0 Å². The molecule has 0 atom stereocenters. The summed E-state index contributed by atoms with van der Waals surface area (Å²) in [5.74, 6) is 0.892. The minimum atomic E-state index is 0.142. The lowest BCUT2D eigenvalue weighted by Gasteiger charge is -2.29. The smallest absolute Gasteiger partial charge is 0.191 e. The first-order valence-corrected chi connectivity index (χ1v) is 7.31. The maximum atomic E-state index is 9.19. The van der Waals surface area contributed by atoms with Gasteiger partial charge in [0.25, 0.3) is 0 Å². The zero-order valence-corrected chi connectivity index (χ0v) is 12.6. The molecule has 18 heavy (non-hydrogen) atoms. The summed E-state index contributed by atoms with van der Waals surface area (Å²) in [4.78, 5) is 4.67. The van der Waals surface area contributed by atoms with Crippen LogP contribution in [0.2, 0.25) is 0 Å². The molecule has 0 rings (SSSR count). The topological polar surface area (TPSA) is 56.7 Å². The van der Waals surface area contributed by atoms with Crippen LogP contribution in [0.5, 0.6) is 0 Å². The number of rotatable bonds is 9. The zero-order chi connectivity index (χ0) is 13.9. The van der Waals surface area contributed by atoms with E-state index in [-0.39, 0.29) is 12.0 Å². The van der Waals surface area contributed by atoms with Gasteiger partial charge in [-0.25, -0.2) is 0 Å². The summed E-state index contributed by atoms with van der Waals surface area (Å²) in [7, 11) is 0. The summed E-state index contributed by atoms with van der Waals surface area (Å²) in [6.07, 6.45) is 4.03. The summed E-state index contributed by atoms with van der Waals surface area (Å²) in [5.41, 5.74) is 0.142. The minimum absolute atomic E-state index is 0.142. The van der Waals surface area contributed by atoms with E-state index in [9.17, 15) is 5.11 Å². The van der Waals surface area contributed by atoms with Crippen LogP contribution < -0.4 is 10.6 Å². The van der Waals surface area contributed by atoms with Crippen molar-refractivity contribution in [1.82, 2.24) is 10.6 Å². The van der Waals surface area contributed by atoms with Gasteiger partial charge in [0.05, 0.1) is 0 Å². The van der Waals surface area contributed by atoms with Crippen LogP contribution in [-0.4, -0.2) is 37.3 Å². The van der Waals surface area contributed by atoms with E-state index in [1.165, 1.54) is 0 Å². The quantitative estimate of drug-likeness (QED) is 0.438. The number of aliphatic hydroxyl groups is 1.